The summed E-state index contributed by atoms with van der Waals surface area (Å²) in [5.74, 6) is -4.31. The van der Waals surface area contributed by atoms with E-state index in [2.05, 4.69) is 6.58 Å². The first-order valence-corrected chi connectivity index (χ1v) is 11.1. The highest BCUT2D eigenvalue weighted by Crippen LogP contribution is 2.57. The van der Waals surface area contributed by atoms with Crippen molar-refractivity contribution >= 4 is 17.3 Å². The quantitative estimate of drug-likeness (QED) is 0.245. The summed E-state index contributed by atoms with van der Waals surface area (Å²) in [5, 5.41) is 30.8. The van der Waals surface area contributed by atoms with Crippen molar-refractivity contribution in [1.29, 1.82) is 0 Å². The number of Topliss-reactive ketones (excluding diaryl/α,β-unsaturated/α-hetero) is 3. The lowest BCUT2D eigenvalue weighted by molar-refractivity contribution is -0.131. The normalized spacial score (nSPS) is 26.6. The molecular weight excluding hydrogens is 420 g/mol. The van der Waals surface area contributed by atoms with Crippen LogP contribution in [0.1, 0.15) is 64.2 Å². The minimum absolute atomic E-state index is 0.0563. The van der Waals surface area contributed by atoms with E-state index in [0.29, 0.717) is 6.42 Å². The number of carbonyl (C=O) groups excluding carboxylic acids is 3. The maximum Gasteiger partial charge on any atom is 0.200 e. The number of phenols is 2. The van der Waals surface area contributed by atoms with Crippen LogP contribution in [0, 0.1) is 22.7 Å². The summed E-state index contributed by atoms with van der Waals surface area (Å²) in [4.78, 5) is 41.0. The number of rotatable bonds is 5. The summed E-state index contributed by atoms with van der Waals surface area (Å²) >= 11 is 0. The molecule has 6 nitrogen and oxygen atoms in total. The Morgan fingerprint density at radius 1 is 1.12 bits per heavy atom. The van der Waals surface area contributed by atoms with Crippen molar-refractivity contribution in [3.8, 4) is 11.5 Å². The molecule has 1 fully saturated rings. The third-order valence-electron chi connectivity index (χ3n) is 7.27. The van der Waals surface area contributed by atoms with Gasteiger partial charge in [0.15, 0.2) is 23.1 Å². The molecule has 0 saturated heterocycles. The molecule has 0 amide bonds. The Hall–Kier alpha value is -3.15. The Bertz CT molecular complexity index is 1120. The first kappa shape index (κ1) is 24.5. The molecule has 33 heavy (non-hydrogen) atoms. The Morgan fingerprint density at radius 3 is 2.30 bits per heavy atom. The van der Waals surface area contributed by atoms with Crippen molar-refractivity contribution in [2.45, 2.75) is 53.9 Å². The maximum atomic E-state index is 14.0. The van der Waals surface area contributed by atoms with Crippen LogP contribution in [0.3, 0.4) is 0 Å². The van der Waals surface area contributed by atoms with Gasteiger partial charge in [-0.05, 0) is 63.1 Å². The number of aliphatic hydroxyl groups is 1. The molecule has 1 saturated carbocycles. The average molecular weight is 453 g/mol. The third kappa shape index (κ3) is 4.03. The van der Waals surface area contributed by atoms with Crippen LogP contribution in [-0.4, -0.2) is 32.7 Å². The molecule has 2 bridgehead atoms. The number of carbonyl (C=O) groups is 3. The molecule has 176 valence electrons. The molecule has 2 aliphatic carbocycles. The number of ketones is 3. The van der Waals surface area contributed by atoms with E-state index < -0.39 is 51.1 Å². The van der Waals surface area contributed by atoms with Crippen LogP contribution in [0.4, 0.5) is 0 Å². The largest absolute Gasteiger partial charge is 0.511 e. The Balaban J connectivity index is 2.32. The van der Waals surface area contributed by atoms with Crippen molar-refractivity contribution in [3.63, 3.8) is 0 Å². The lowest BCUT2D eigenvalue weighted by atomic mass is 9.60. The van der Waals surface area contributed by atoms with E-state index in [1.54, 1.807) is 0 Å². The Labute approximate surface area is 194 Å². The summed E-state index contributed by atoms with van der Waals surface area (Å²) in [6.07, 6.45) is 2.42. The molecule has 0 aromatic heterocycles. The van der Waals surface area contributed by atoms with E-state index in [9.17, 15) is 29.7 Å². The van der Waals surface area contributed by atoms with Crippen molar-refractivity contribution < 1.29 is 29.7 Å². The summed E-state index contributed by atoms with van der Waals surface area (Å²) in [7, 11) is 0. The first-order valence-electron chi connectivity index (χ1n) is 11.1. The number of aliphatic hydroxyl groups excluding tert-OH is 1. The second kappa shape index (κ2) is 8.32. The zero-order valence-electron chi connectivity index (χ0n) is 19.9. The van der Waals surface area contributed by atoms with Gasteiger partial charge in [0.1, 0.15) is 17.1 Å². The van der Waals surface area contributed by atoms with Gasteiger partial charge < -0.3 is 15.3 Å². The number of hydrogen-bond donors (Lipinski definition) is 3. The highest BCUT2D eigenvalue weighted by molar-refractivity contribution is 6.29. The number of aromatic hydroxyl groups is 2. The van der Waals surface area contributed by atoms with Gasteiger partial charge >= 0.3 is 0 Å². The lowest BCUT2D eigenvalue weighted by Crippen LogP contribution is -2.42. The van der Waals surface area contributed by atoms with Crippen LogP contribution in [0.15, 0.2) is 53.3 Å². The highest BCUT2D eigenvalue weighted by Gasteiger charge is 2.59. The fourth-order valence-corrected chi connectivity index (χ4v) is 5.47. The van der Waals surface area contributed by atoms with Gasteiger partial charge in [-0.1, -0.05) is 37.6 Å². The predicted octanol–water partition coefficient (Wildman–Crippen LogP) is 5.22. The van der Waals surface area contributed by atoms with Gasteiger partial charge in [-0.3, -0.25) is 14.4 Å². The van der Waals surface area contributed by atoms with Gasteiger partial charge in [-0.25, -0.2) is 0 Å². The molecule has 3 atom stereocenters. The minimum Gasteiger partial charge on any atom is -0.511 e. The zero-order chi connectivity index (χ0) is 24.9. The smallest absolute Gasteiger partial charge is 0.200 e. The SMILES string of the molecule is C=C(C)C1CC2(CC=C(C)C)CC(=O)C(C(O)=C(C(=O)c3ccc(O)c(O)c3)C2=O)C1(C)C. The van der Waals surface area contributed by atoms with E-state index in [1.165, 1.54) is 6.07 Å². The van der Waals surface area contributed by atoms with Crippen molar-refractivity contribution in [2.75, 3.05) is 0 Å². The lowest BCUT2D eigenvalue weighted by Gasteiger charge is -2.42. The molecule has 3 N–H and O–H groups in total. The molecule has 0 heterocycles. The van der Waals surface area contributed by atoms with Crippen LogP contribution in [-0.2, 0) is 9.59 Å². The summed E-state index contributed by atoms with van der Waals surface area (Å²) in [6, 6.07) is 3.48. The van der Waals surface area contributed by atoms with Crippen molar-refractivity contribution in [2.24, 2.45) is 22.7 Å². The fraction of sp³-hybridized carbons (Fsp3) is 0.444. The minimum atomic E-state index is -1.20. The number of allylic oxidation sites excluding steroid dienone is 5. The number of phenolic OH excluding ortho intramolecular Hbond substituents is 2. The van der Waals surface area contributed by atoms with Crippen molar-refractivity contribution in [3.05, 3.63) is 58.9 Å². The molecule has 0 radical (unpaired) electrons. The molecule has 6 heteroatoms. The summed E-state index contributed by atoms with van der Waals surface area (Å²) in [5.41, 5.74) is -0.641. The van der Waals surface area contributed by atoms with E-state index in [1.807, 2.05) is 40.7 Å². The number of fused-ring (bicyclic) bond motifs is 3. The van der Waals surface area contributed by atoms with Crippen LogP contribution in [0.2, 0.25) is 0 Å². The van der Waals surface area contributed by atoms with E-state index >= 15 is 0 Å². The second-order valence-electron chi connectivity index (χ2n) is 10.4. The van der Waals surface area contributed by atoms with Crippen molar-refractivity contribution in [1.82, 2.24) is 0 Å². The van der Waals surface area contributed by atoms with E-state index in [-0.39, 0.29) is 30.1 Å². The predicted molar refractivity (Wildman–Crippen MR) is 125 cm³/mol. The maximum absolute atomic E-state index is 14.0. The molecule has 3 unspecified atom stereocenters. The van der Waals surface area contributed by atoms with Gasteiger partial charge in [0, 0.05) is 17.4 Å². The molecule has 0 aliphatic heterocycles. The average Bonchev–Trinajstić information content (AvgIpc) is 2.85. The topological polar surface area (TPSA) is 112 Å². The van der Waals surface area contributed by atoms with Crippen LogP contribution < -0.4 is 0 Å². The van der Waals surface area contributed by atoms with Gasteiger partial charge in [0.25, 0.3) is 0 Å². The Kier molecular flexibility index (Phi) is 6.18. The molecule has 0 spiro atoms. The van der Waals surface area contributed by atoms with Gasteiger partial charge in [-0.15, -0.1) is 0 Å². The molecule has 1 aromatic carbocycles. The zero-order valence-corrected chi connectivity index (χ0v) is 19.9. The number of hydrogen-bond acceptors (Lipinski definition) is 6. The van der Waals surface area contributed by atoms with Gasteiger partial charge in [-0.2, -0.15) is 0 Å². The number of benzene rings is 1. The first-order chi connectivity index (χ1) is 15.2. The third-order valence-corrected chi connectivity index (χ3v) is 7.27. The van der Waals surface area contributed by atoms with E-state index in [4.69, 9.17) is 0 Å². The monoisotopic (exact) mass is 452 g/mol. The standard InChI is InChI=1S/C27H32O6/c1-14(2)9-10-27-12-17(15(3)4)26(5,6)22(20(30)13-27)24(32)21(25(27)33)23(31)16-7-8-18(28)19(29)11-16/h7-9,11,17,22,28-29,32H,3,10,12-13H2,1-2,4-6H3. The molecule has 1 aromatic rings. The highest BCUT2D eigenvalue weighted by atomic mass is 16.3. The second-order valence-corrected chi connectivity index (χ2v) is 10.4. The molecular formula is C27H32O6. The van der Waals surface area contributed by atoms with Gasteiger partial charge in [0.05, 0.1) is 5.92 Å². The van der Waals surface area contributed by atoms with Crippen LogP contribution >= 0.6 is 0 Å². The van der Waals surface area contributed by atoms with E-state index in [0.717, 1.165) is 23.3 Å². The van der Waals surface area contributed by atoms with Crippen LogP contribution in [0.25, 0.3) is 0 Å². The Morgan fingerprint density at radius 2 is 1.76 bits per heavy atom. The fourth-order valence-electron chi connectivity index (χ4n) is 5.47. The van der Waals surface area contributed by atoms with Gasteiger partial charge in [0.2, 0.25) is 0 Å². The molecule has 2 aliphatic rings. The van der Waals surface area contributed by atoms with Crippen LogP contribution in [0.5, 0.6) is 11.5 Å². The molecule has 3 rings (SSSR count). The summed E-state index contributed by atoms with van der Waals surface area (Å²) < 4.78 is 0. The summed E-state index contributed by atoms with van der Waals surface area (Å²) in [6.45, 7) is 13.5.